The normalized spacial score (nSPS) is 14.0. The lowest BCUT2D eigenvalue weighted by atomic mass is 10.1. The molecule has 0 atom stereocenters. The lowest BCUT2D eigenvalue weighted by Crippen LogP contribution is -2.39. The molecule has 0 fully saturated rings. The molecule has 2 aromatic carbocycles. The van der Waals surface area contributed by atoms with Crippen LogP contribution in [0, 0.1) is 0 Å². The summed E-state index contributed by atoms with van der Waals surface area (Å²) in [6.45, 7) is 6.96. The predicted molar refractivity (Wildman–Crippen MR) is 153 cm³/mol. The predicted octanol–water partition coefficient (Wildman–Crippen LogP) is 4.53. The molecule has 1 heterocycles. The van der Waals surface area contributed by atoms with E-state index in [1.807, 2.05) is 45.0 Å². The van der Waals surface area contributed by atoms with Crippen LogP contribution in [0.3, 0.4) is 0 Å². The van der Waals surface area contributed by atoms with E-state index in [9.17, 15) is 18.0 Å². The van der Waals surface area contributed by atoms with Crippen LogP contribution in [0.4, 0.5) is 4.79 Å². The number of nitrogens with zero attached hydrogens (tertiary/aromatic N) is 3. The Hall–Kier alpha value is -2.92. The highest BCUT2D eigenvalue weighted by Gasteiger charge is 2.29. The second-order valence-corrected chi connectivity index (χ2v) is 12.7. The summed E-state index contributed by atoms with van der Waals surface area (Å²) >= 11 is 11.9. The SMILES string of the molecule is CN(Cc1ccc(C2=NCCN2C(=O)OC(C)(C)C)cc1)C(=O)/C=C/CNCS(=O)(=O)c1cc(Cl)ccc1Cl. The molecular weight excluding hydrogens is 563 g/mol. The van der Waals surface area contributed by atoms with E-state index in [1.165, 1.54) is 34.1 Å². The van der Waals surface area contributed by atoms with Gasteiger partial charge in [-0.1, -0.05) is 53.5 Å². The van der Waals surface area contributed by atoms with E-state index in [2.05, 4.69) is 10.3 Å². The Kier molecular flexibility index (Phi) is 10.2. The summed E-state index contributed by atoms with van der Waals surface area (Å²) in [5, 5.41) is 3.15. The third-order valence-corrected chi connectivity index (χ3v) is 7.77. The van der Waals surface area contributed by atoms with Crippen molar-refractivity contribution < 1.29 is 22.7 Å². The molecule has 0 radical (unpaired) electrons. The molecule has 0 unspecified atom stereocenters. The van der Waals surface area contributed by atoms with Crippen LogP contribution < -0.4 is 5.32 Å². The van der Waals surface area contributed by atoms with E-state index in [0.29, 0.717) is 25.5 Å². The smallest absolute Gasteiger partial charge is 0.416 e. The van der Waals surface area contributed by atoms with Gasteiger partial charge in [0.25, 0.3) is 0 Å². The number of sulfone groups is 1. The van der Waals surface area contributed by atoms with Crippen LogP contribution in [0.5, 0.6) is 0 Å². The third kappa shape index (κ3) is 8.79. The van der Waals surface area contributed by atoms with Gasteiger partial charge in [0.2, 0.25) is 5.91 Å². The zero-order valence-corrected chi connectivity index (χ0v) is 24.6. The van der Waals surface area contributed by atoms with Gasteiger partial charge in [0.1, 0.15) is 17.3 Å². The van der Waals surface area contributed by atoms with E-state index < -0.39 is 21.5 Å². The lowest BCUT2D eigenvalue weighted by molar-refractivity contribution is -0.125. The third-order valence-electron chi connectivity index (χ3n) is 5.51. The number of carbonyl (C=O) groups is 2. The summed E-state index contributed by atoms with van der Waals surface area (Å²) < 4.78 is 30.5. The topological polar surface area (TPSA) is 108 Å². The summed E-state index contributed by atoms with van der Waals surface area (Å²) in [5.41, 5.74) is 1.09. The van der Waals surface area contributed by atoms with E-state index in [-0.39, 0.29) is 33.3 Å². The Balaban J connectivity index is 1.49. The van der Waals surface area contributed by atoms with Gasteiger partial charge in [-0.3, -0.25) is 20.0 Å². The first-order valence-electron chi connectivity index (χ1n) is 12.2. The van der Waals surface area contributed by atoms with Crippen molar-refractivity contribution in [3.8, 4) is 0 Å². The maximum atomic E-state index is 12.5. The molecule has 0 saturated carbocycles. The van der Waals surface area contributed by atoms with E-state index >= 15 is 0 Å². The number of amides is 2. The maximum absolute atomic E-state index is 12.5. The molecule has 1 aliphatic rings. The minimum atomic E-state index is -3.69. The van der Waals surface area contributed by atoms with Gasteiger partial charge < -0.3 is 9.64 Å². The number of aliphatic imine (C=N–C) groups is 1. The number of nitrogens with one attached hydrogen (secondary N) is 1. The van der Waals surface area contributed by atoms with Gasteiger partial charge in [-0.05, 0) is 44.5 Å². The zero-order chi connectivity index (χ0) is 28.8. The summed E-state index contributed by atoms with van der Waals surface area (Å²) in [6.07, 6.45) is 2.51. The van der Waals surface area contributed by atoms with Crippen molar-refractivity contribution in [2.75, 3.05) is 32.6 Å². The van der Waals surface area contributed by atoms with Gasteiger partial charge in [-0.15, -0.1) is 0 Å². The lowest BCUT2D eigenvalue weighted by Gasteiger charge is -2.25. The van der Waals surface area contributed by atoms with E-state index in [1.54, 1.807) is 13.1 Å². The Morgan fingerprint density at radius 3 is 2.51 bits per heavy atom. The number of hydrogen-bond donors (Lipinski definition) is 1. The summed E-state index contributed by atoms with van der Waals surface area (Å²) in [6, 6.07) is 11.7. The highest BCUT2D eigenvalue weighted by atomic mass is 35.5. The van der Waals surface area contributed by atoms with Crippen molar-refractivity contribution >= 4 is 50.9 Å². The molecule has 1 N–H and O–H groups in total. The van der Waals surface area contributed by atoms with Crippen LogP contribution in [-0.2, 0) is 25.9 Å². The van der Waals surface area contributed by atoms with Gasteiger partial charge in [0.05, 0.1) is 23.0 Å². The number of amidine groups is 1. The quantitative estimate of drug-likeness (QED) is 0.337. The monoisotopic (exact) mass is 594 g/mol. The van der Waals surface area contributed by atoms with E-state index in [0.717, 1.165) is 11.1 Å². The summed E-state index contributed by atoms with van der Waals surface area (Å²) in [7, 11) is -2.02. The maximum Gasteiger partial charge on any atom is 0.416 e. The molecule has 0 aliphatic carbocycles. The van der Waals surface area contributed by atoms with Crippen LogP contribution in [0.25, 0.3) is 0 Å². The number of ether oxygens (including phenoxy) is 1. The Labute approximate surface area is 239 Å². The Morgan fingerprint density at radius 2 is 1.85 bits per heavy atom. The van der Waals surface area contributed by atoms with Gasteiger partial charge in [0, 0.05) is 36.8 Å². The number of benzene rings is 2. The van der Waals surface area contributed by atoms with Crippen LogP contribution >= 0.6 is 23.2 Å². The van der Waals surface area contributed by atoms with Crippen molar-refractivity contribution in [1.29, 1.82) is 0 Å². The average molecular weight is 596 g/mol. The standard InChI is InChI=1S/C27H32Cl2N4O5S/c1-27(2,3)38-26(35)33-15-14-31-25(33)20-9-7-19(8-10-20)17-32(4)24(34)6-5-13-30-18-39(36,37)23-16-21(28)11-12-22(23)29/h5-12,16,30H,13-15,17-18H2,1-4H3/b6-5+. The number of likely N-dealkylation sites (N-methyl/N-ethyl adjacent to an activating group) is 1. The van der Waals surface area contributed by atoms with Crippen LogP contribution in [0.15, 0.2) is 64.5 Å². The van der Waals surface area contributed by atoms with Crippen molar-refractivity contribution in [3.63, 3.8) is 0 Å². The molecule has 9 nitrogen and oxygen atoms in total. The molecular formula is C27H32Cl2N4O5S. The first-order valence-corrected chi connectivity index (χ1v) is 14.6. The highest BCUT2D eigenvalue weighted by molar-refractivity contribution is 7.91. The largest absolute Gasteiger partial charge is 0.443 e. The van der Waals surface area contributed by atoms with Crippen molar-refractivity contribution in [1.82, 2.24) is 15.1 Å². The second kappa shape index (κ2) is 13.0. The molecule has 0 aromatic heterocycles. The molecule has 39 heavy (non-hydrogen) atoms. The summed E-state index contributed by atoms with van der Waals surface area (Å²) in [4.78, 5) is 32.5. The first-order chi connectivity index (χ1) is 18.3. The molecule has 0 spiro atoms. The second-order valence-electron chi connectivity index (χ2n) is 9.92. The van der Waals surface area contributed by atoms with Crippen LogP contribution in [0.1, 0.15) is 31.9 Å². The summed E-state index contributed by atoms with van der Waals surface area (Å²) in [5.74, 6) is -0.0297. The molecule has 0 bridgehead atoms. The van der Waals surface area contributed by atoms with Crippen molar-refractivity contribution in [2.24, 2.45) is 4.99 Å². The number of hydrogen-bond acceptors (Lipinski definition) is 7. The van der Waals surface area contributed by atoms with Gasteiger partial charge in [0.15, 0.2) is 9.84 Å². The fourth-order valence-corrected chi connectivity index (χ4v) is 5.58. The average Bonchev–Trinajstić information content (AvgIpc) is 3.35. The molecule has 2 aromatic rings. The van der Waals surface area contributed by atoms with Crippen LogP contribution in [0.2, 0.25) is 10.0 Å². The van der Waals surface area contributed by atoms with Gasteiger partial charge in [-0.2, -0.15) is 0 Å². The molecule has 0 saturated heterocycles. The van der Waals surface area contributed by atoms with E-state index in [4.69, 9.17) is 27.9 Å². The van der Waals surface area contributed by atoms with Gasteiger partial charge in [-0.25, -0.2) is 13.2 Å². The fraction of sp³-hybridized carbons (Fsp3) is 0.370. The van der Waals surface area contributed by atoms with Crippen molar-refractivity contribution in [3.05, 3.63) is 75.8 Å². The molecule has 2 amide bonds. The molecule has 12 heteroatoms. The highest BCUT2D eigenvalue weighted by Crippen LogP contribution is 2.25. The minimum absolute atomic E-state index is 0.0486. The minimum Gasteiger partial charge on any atom is -0.443 e. The number of carbonyl (C=O) groups excluding carboxylic acids is 2. The Morgan fingerprint density at radius 1 is 1.15 bits per heavy atom. The van der Waals surface area contributed by atoms with Gasteiger partial charge >= 0.3 is 6.09 Å². The molecule has 3 rings (SSSR count). The first kappa shape index (κ1) is 30.6. The number of rotatable bonds is 9. The molecule has 1 aliphatic heterocycles. The Bertz CT molecular complexity index is 1370. The number of halogens is 2. The fourth-order valence-electron chi connectivity index (χ4n) is 3.66. The van der Waals surface area contributed by atoms with Crippen molar-refractivity contribution in [2.45, 2.75) is 37.8 Å². The van der Waals surface area contributed by atoms with Crippen LogP contribution in [-0.4, -0.2) is 74.2 Å². The molecule has 210 valence electrons. The zero-order valence-electron chi connectivity index (χ0n) is 22.3.